The van der Waals surface area contributed by atoms with Crippen LogP contribution < -0.4 is 10.6 Å². The zero-order chi connectivity index (χ0) is 15.7. The molecule has 0 atom stereocenters. The molecule has 1 aliphatic heterocycles. The van der Waals surface area contributed by atoms with Crippen molar-refractivity contribution in [3.05, 3.63) is 0 Å². The number of likely N-dealkylation sites (tertiary alicyclic amines) is 1. The number of urea groups is 1. The summed E-state index contributed by atoms with van der Waals surface area (Å²) < 4.78 is 39.6. The smallest absolute Gasteiger partial charge is 0.370 e. The minimum Gasteiger partial charge on any atom is -0.370 e. The number of halogens is 3. The van der Waals surface area contributed by atoms with Crippen LogP contribution in [0, 0.1) is 0 Å². The summed E-state index contributed by atoms with van der Waals surface area (Å²) in [5, 5.41) is 4.95. The molecule has 0 aromatic heterocycles. The van der Waals surface area contributed by atoms with Crippen molar-refractivity contribution in [1.82, 2.24) is 15.5 Å². The van der Waals surface area contributed by atoms with Gasteiger partial charge in [0.1, 0.15) is 6.61 Å². The number of carbonyl (C=O) groups is 2. The van der Waals surface area contributed by atoms with Gasteiger partial charge >= 0.3 is 12.2 Å². The fourth-order valence-corrected chi connectivity index (χ4v) is 1.90. The average Bonchev–Trinajstić information content (AvgIpc) is 2.78. The van der Waals surface area contributed by atoms with Gasteiger partial charge in [-0.1, -0.05) is 0 Å². The number of rotatable bonds is 8. The molecule has 0 saturated carbocycles. The number of nitrogens with one attached hydrogen (secondary N) is 2. The summed E-state index contributed by atoms with van der Waals surface area (Å²) in [5.41, 5.74) is 0. The first kappa shape index (κ1) is 17.5. The standard InChI is InChI=1S/C12H20F3N3O3/c13-12(14,15)9-21-8-5-17-11(20)16-4-2-7-18-6-1-3-10(18)19/h1-9H2,(H2,16,17,20). The molecule has 21 heavy (non-hydrogen) atoms. The Morgan fingerprint density at radius 2 is 2.00 bits per heavy atom. The second-order valence-corrected chi connectivity index (χ2v) is 4.69. The van der Waals surface area contributed by atoms with Gasteiger partial charge in [0.2, 0.25) is 5.91 Å². The summed E-state index contributed by atoms with van der Waals surface area (Å²) in [4.78, 5) is 24.3. The second kappa shape index (κ2) is 8.71. The van der Waals surface area contributed by atoms with Crippen LogP contribution in [0.25, 0.3) is 0 Å². The van der Waals surface area contributed by atoms with Crippen molar-refractivity contribution in [3.63, 3.8) is 0 Å². The van der Waals surface area contributed by atoms with E-state index in [0.29, 0.717) is 25.9 Å². The number of hydrogen-bond acceptors (Lipinski definition) is 3. The van der Waals surface area contributed by atoms with Gasteiger partial charge in [-0.15, -0.1) is 0 Å². The van der Waals surface area contributed by atoms with Crippen molar-refractivity contribution in [2.24, 2.45) is 0 Å². The van der Waals surface area contributed by atoms with Gasteiger partial charge in [0.15, 0.2) is 0 Å². The largest absolute Gasteiger partial charge is 0.411 e. The highest BCUT2D eigenvalue weighted by molar-refractivity contribution is 5.78. The van der Waals surface area contributed by atoms with E-state index in [2.05, 4.69) is 15.4 Å². The van der Waals surface area contributed by atoms with Crippen LogP contribution in [0.2, 0.25) is 0 Å². The maximum atomic E-state index is 11.8. The highest BCUT2D eigenvalue weighted by atomic mass is 19.4. The Labute approximate surface area is 121 Å². The Kier molecular flexibility index (Phi) is 7.27. The molecular formula is C12H20F3N3O3. The minimum absolute atomic E-state index is 0.00647. The number of alkyl halides is 3. The summed E-state index contributed by atoms with van der Waals surface area (Å²) in [6, 6.07) is -0.460. The Bertz CT molecular complexity index is 350. The molecule has 6 nitrogen and oxygen atoms in total. The monoisotopic (exact) mass is 311 g/mol. The number of amides is 3. The lowest BCUT2D eigenvalue weighted by Gasteiger charge is -2.15. The van der Waals surface area contributed by atoms with E-state index in [1.807, 2.05) is 0 Å². The summed E-state index contributed by atoms with van der Waals surface area (Å²) in [6.07, 6.45) is -2.24. The molecule has 0 radical (unpaired) electrons. The maximum Gasteiger partial charge on any atom is 0.411 e. The molecule has 1 rings (SSSR count). The third-order valence-corrected chi connectivity index (χ3v) is 2.86. The first-order chi connectivity index (χ1) is 9.88. The number of carbonyl (C=O) groups excluding carboxylic acids is 2. The molecule has 0 aliphatic carbocycles. The molecule has 1 aliphatic rings. The van der Waals surface area contributed by atoms with Crippen molar-refractivity contribution >= 4 is 11.9 Å². The lowest BCUT2D eigenvalue weighted by Crippen LogP contribution is -2.39. The van der Waals surface area contributed by atoms with Gasteiger partial charge in [0.05, 0.1) is 6.61 Å². The van der Waals surface area contributed by atoms with E-state index in [0.717, 1.165) is 13.0 Å². The van der Waals surface area contributed by atoms with E-state index in [9.17, 15) is 22.8 Å². The molecule has 0 spiro atoms. The first-order valence-electron chi connectivity index (χ1n) is 6.82. The fraction of sp³-hybridized carbons (Fsp3) is 0.833. The second-order valence-electron chi connectivity index (χ2n) is 4.69. The Hall–Kier alpha value is -1.51. The lowest BCUT2D eigenvalue weighted by atomic mass is 10.4. The van der Waals surface area contributed by atoms with E-state index in [4.69, 9.17) is 0 Å². The van der Waals surface area contributed by atoms with Crippen LogP contribution in [0.15, 0.2) is 0 Å². The van der Waals surface area contributed by atoms with Gasteiger partial charge in [-0.25, -0.2) is 4.79 Å². The molecule has 0 bridgehead atoms. The highest BCUT2D eigenvalue weighted by Crippen LogP contribution is 2.13. The SMILES string of the molecule is O=C(NCCCN1CCCC1=O)NCCOCC(F)(F)F. The molecule has 1 fully saturated rings. The topological polar surface area (TPSA) is 70.7 Å². The Morgan fingerprint density at radius 3 is 2.62 bits per heavy atom. The first-order valence-corrected chi connectivity index (χ1v) is 6.82. The molecule has 122 valence electrons. The molecule has 0 unspecified atom stereocenters. The van der Waals surface area contributed by atoms with Crippen molar-refractivity contribution in [3.8, 4) is 0 Å². The number of hydrogen-bond donors (Lipinski definition) is 2. The van der Waals surface area contributed by atoms with Gasteiger partial charge in [-0.3, -0.25) is 4.79 Å². The van der Waals surface area contributed by atoms with Crippen molar-refractivity contribution < 1.29 is 27.5 Å². The third kappa shape index (κ3) is 8.38. The van der Waals surface area contributed by atoms with Crippen LogP contribution in [-0.2, 0) is 9.53 Å². The summed E-state index contributed by atoms with van der Waals surface area (Å²) in [7, 11) is 0. The van der Waals surface area contributed by atoms with Crippen LogP contribution in [-0.4, -0.2) is 62.4 Å². The van der Waals surface area contributed by atoms with Crippen LogP contribution in [0.3, 0.4) is 0 Å². The van der Waals surface area contributed by atoms with Crippen LogP contribution in [0.5, 0.6) is 0 Å². The lowest BCUT2D eigenvalue weighted by molar-refractivity contribution is -0.173. The quantitative estimate of drug-likeness (QED) is 0.654. The highest BCUT2D eigenvalue weighted by Gasteiger charge is 2.27. The van der Waals surface area contributed by atoms with Gasteiger partial charge in [-0.05, 0) is 12.8 Å². The number of nitrogens with zero attached hydrogens (tertiary/aromatic N) is 1. The van der Waals surface area contributed by atoms with Crippen LogP contribution in [0.4, 0.5) is 18.0 Å². The summed E-state index contributed by atoms with van der Waals surface area (Å²) in [6.45, 7) is 0.260. The van der Waals surface area contributed by atoms with E-state index in [-0.39, 0.29) is 19.1 Å². The Balaban J connectivity index is 1.93. The summed E-state index contributed by atoms with van der Waals surface area (Å²) in [5.74, 6) is 0.140. The van der Waals surface area contributed by atoms with E-state index in [1.165, 1.54) is 0 Å². The zero-order valence-electron chi connectivity index (χ0n) is 11.7. The van der Waals surface area contributed by atoms with Gasteiger partial charge < -0.3 is 20.3 Å². The van der Waals surface area contributed by atoms with Gasteiger partial charge in [0, 0.05) is 32.6 Å². The normalized spacial score (nSPS) is 15.4. The molecule has 1 saturated heterocycles. The van der Waals surface area contributed by atoms with Gasteiger partial charge in [0.25, 0.3) is 0 Å². The Morgan fingerprint density at radius 1 is 1.29 bits per heavy atom. The van der Waals surface area contributed by atoms with Crippen molar-refractivity contribution in [2.45, 2.75) is 25.4 Å². The number of ether oxygens (including phenoxy) is 1. The predicted molar refractivity (Wildman–Crippen MR) is 68.7 cm³/mol. The van der Waals surface area contributed by atoms with Crippen LogP contribution >= 0.6 is 0 Å². The molecule has 0 aromatic carbocycles. The molecule has 0 aromatic rings. The fourth-order valence-electron chi connectivity index (χ4n) is 1.90. The third-order valence-electron chi connectivity index (χ3n) is 2.86. The van der Waals surface area contributed by atoms with E-state index >= 15 is 0 Å². The molecule has 3 amide bonds. The van der Waals surface area contributed by atoms with Crippen LogP contribution in [0.1, 0.15) is 19.3 Å². The zero-order valence-corrected chi connectivity index (χ0v) is 11.7. The maximum absolute atomic E-state index is 11.8. The summed E-state index contributed by atoms with van der Waals surface area (Å²) >= 11 is 0. The van der Waals surface area contributed by atoms with Gasteiger partial charge in [-0.2, -0.15) is 13.2 Å². The minimum atomic E-state index is -4.35. The molecule has 9 heteroatoms. The predicted octanol–water partition coefficient (Wildman–Crippen LogP) is 0.877. The van der Waals surface area contributed by atoms with Crippen molar-refractivity contribution in [1.29, 1.82) is 0 Å². The van der Waals surface area contributed by atoms with E-state index in [1.54, 1.807) is 4.90 Å². The molecule has 1 heterocycles. The van der Waals surface area contributed by atoms with E-state index < -0.39 is 18.8 Å². The average molecular weight is 311 g/mol. The molecule has 2 N–H and O–H groups in total. The van der Waals surface area contributed by atoms with Crippen molar-refractivity contribution in [2.75, 3.05) is 39.4 Å². The molecular weight excluding hydrogens is 291 g/mol.